The van der Waals surface area contributed by atoms with Gasteiger partial charge in [-0.15, -0.1) is 11.3 Å². The average Bonchev–Trinajstić information content (AvgIpc) is 3.29. The third-order valence-electron chi connectivity index (χ3n) is 5.95. The van der Waals surface area contributed by atoms with Crippen molar-refractivity contribution < 1.29 is 4.39 Å². The topological polar surface area (TPSA) is 87.4 Å². The van der Waals surface area contributed by atoms with E-state index in [1.54, 1.807) is 25.1 Å². The Morgan fingerprint density at radius 2 is 2.15 bits per heavy atom. The van der Waals surface area contributed by atoms with Crippen molar-refractivity contribution in [1.82, 2.24) is 19.7 Å². The number of nitrogens with zero attached hydrogens (tertiary/aromatic N) is 4. The number of aryl methyl sites for hydroxylation is 2. The molecule has 5 rings (SSSR count). The van der Waals surface area contributed by atoms with Crippen LogP contribution in [0.4, 0.5) is 4.39 Å². The molecule has 1 N–H and O–H groups in total. The molecule has 0 bridgehead atoms. The monoisotopic (exact) mass is 479 g/mol. The summed E-state index contributed by atoms with van der Waals surface area (Å²) in [4.78, 5) is 22.2. The Labute approximate surface area is 198 Å². The second-order valence-electron chi connectivity index (χ2n) is 8.29. The van der Waals surface area contributed by atoms with Crippen LogP contribution in [0.2, 0.25) is 5.15 Å². The van der Waals surface area contributed by atoms with Gasteiger partial charge in [0.2, 0.25) is 0 Å². The van der Waals surface area contributed by atoms with Gasteiger partial charge in [0.1, 0.15) is 21.9 Å². The number of nitriles is 1. The van der Waals surface area contributed by atoms with Crippen LogP contribution in [0.3, 0.4) is 0 Å². The van der Waals surface area contributed by atoms with Crippen LogP contribution in [-0.2, 0) is 12.8 Å². The van der Waals surface area contributed by atoms with Gasteiger partial charge in [-0.1, -0.05) is 18.5 Å². The lowest BCUT2D eigenvalue weighted by atomic mass is 9.89. The molecule has 0 spiro atoms. The van der Waals surface area contributed by atoms with Crippen molar-refractivity contribution in [1.29, 1.82) is 5.26 Å². The Hall–Kier alpha value is -3.28. The van der Waals surface area contributed by atoms with E-state index in [-0.39, 0.29) is 27.9 Å². The van der Waals surface area contributed by atoms with Crippen LogP contribution in [0.15, 0.2) is 29.1 Å². The van der Waals surface area contributed by atoms with Crippen LogP contribution in [0, 0.1) is 30.0 Å². The Bertz CT molecular complexity index is 1520. The fraction of sp³-hybridized carbons (Fsp3) is 0.250. The summed E-state index contributed by atoms with van der Waals surface area (Å²) in [7, 11) is 0. The smallest absolute Gasteiger partial charge is 0.260 e. The summed E-state index contributed by atoms with van der Waals surface area (Å²) >= 11 is 8.10. The average molecular weight is 480 g/mol. The molecule has 3 heterocycles. The summed E-state index contributed by atoms with van der Waals surface area (Å²) in [6.07, 6.45) is 4.45. The van der Waals surface area contributed by atoms with Crippen molar-refractivity contribution in [3.8, 4) is 11.8 Å². The molecule has 3 aromatic heterocycles. The highest BCUT2D eigenvalue weighted by molar-refractivity contribution is 7.18. The van der Waals surface area contributed by atoms with Crippen LogP contribution in [-0.4, -0.2) is 19.7 Å². The van der Waals surface area contributed by atoms with Gasteiger partial charge < -0.3 is 4.98 Å². The Balaban J connectivity index is 1.60. The number of rotatable bonds is 3. The minimum absolute atomic E-state index is 0.178. The van der Waals surface area contributed by atoms with Crippen molar-refractivity contribution >= 4 is 44.8 Å². The number of fused-ring (bicyclic) bond motifs is 3. The number of allylic oxidation sites excluding steroid dienone is 1. The van der Waals surface area contributed by atoms with Gasteiger partial charge in [0.15, 0.2) is 5.82 Å². The highest BCUT2D eigenvalue weighted by atomic mass is 35.5. The largest absolute Gasteiger partial charge is 0.305 e. The van der Waals surface area contributed by atoms with E-state index < -0.39 is 0 Å². The summed E-state index contributed by atoms with van der Waals surface area (Å²) in [5.74, 6) is 0.425. The van der Waals surface area contributed by atoms with Crippen LogP contribution < -0.4 is 5.56 Å². The Morgan fingerprint density at radius 3 is 2.88 bits per heavy atom. The van der Waals surface area contributed by atoms with Crippen LogP contribution >= 0.6 is 22.9 Å². The van der Waals surface area contributed by atoms with Gasteiger partial charge >= 0.3 is 0 Å². The zero-order valence-corrected chi connectivity index (χ0v) is 19.5. The first-order valence-electron chi connectivity index (χ1n) is 10.5. The van der Waals surface area contributed by atoms with Gasteiger partial charge in [-0.3, -0.25) is 4.79 Å². The summed E-state index contributed by atoms with van der Waals surface area (Å²) in [5.41, 5.74) is 2.75. The van der Waals surface area contributed by atoms with Crippen molar-refractivity contribution in [2.24, 2.45) is 5.92 Å². The van der Waals surface area contributed by atoms with Crippen LogP contribution in [0.1, 0.15) is 40.9 Å². The van der Waals surface area contributed by atoms with Crippen molar-refractivity contribution in [3.05, 3.63) is 73.1 Å². The summed E-state index contributed by atoms with van der Waals surface area (Å²) in [5, 5.41) is 15.2. The molecule has 1 aliphatic rings. The molecule has 9 heteroatoms. The van der Waals surface area contributed by atoms with Crippen molar-refractivity contribution in [2.75, 3.05) is 0 Å². The zero-order chi connectivity index (χ0) is 23.3. The van der Waals surface area contributed by atoms with Gasteiger partial charge in [0.25, 0.3) is 5.56 Å². The van der Waals surface area contributed by atoms with Crippen LogP contribution in [0.5, 0.6) is 0 Å². The molecule has 0 aliphatic heterocycles. The van der Waals surface area contributed by atoms with Crippen molar-refractivity contribution in [2.45, 2.75) is 33.1 Å². The molecule has 1 aliphatic carbocycles. The predicted octanol–water partition coefficient (Wildman–Crippen LogP) is 5.46. The SMILES string of the molecule is Cc1nn(-c2ccc(F)cc2)c(Cl)c1C=C(C#N)c1nc2sc3c(c2c(=O)[nH]1)CCC(C)C3. The molecule has 166 valence electrons. The number of hydrogen-bond donors (Lipinski definition) is 1. The molecule has 0 saturated carbocycles. The molecule has 6 nitrogen and oxygen atoms in total. The first-order chi connectivity index (χ1) is 15.9. The predicted molar refractivity (Wildman–Crippen MR) is 128 cm³/mol. The van der Waals surface area contributed by atoms with Gasteiger partial charge in [-0.2, -0.15) is 10.4 Å². The fourth-order valence-corrected chi connectivity index (χ4v) is 5.91. The van der Waals surface area contributed by atoms with Gasteiger partial charge in [-0.05, 0) is 68.0 Å². The highest BCUT2D eigenvalue weighted by Crippen LogP contribution is 2.36. The quantitative estimate of drug-likeness (QED) is 0.395. The summed E-state index contributed by atoms with van der Waals surface area (Å²) < 4.78 is 14.8. The standard InChI is InChI=1S/C24H19ClFN5OS/c1-12-3-8-17-19(9-12)33-24-20(17)23(32)28-22(29-24)14(11-27)10-18-13(2)30-31(21(18)25)16-6-4-15(26)5-7-16/h4-7,10,12H,3,8-9H2,1-2H3,(H,28,29,32). The first kappa shape index (κ1) is 21.6. The number of benzene rings is 1. The summed E-state index contributed by atoms with van der Waals surface area (Å²) in [6, 6.07) is 7.91. The number of thiophene rings is 1. The minimum atomic E-state index is -0.360. The molecule has 33 heavy (non-hydrogen) atoms. The second kappa shape index (κ2) is 8.25. The number of H-pyrrole nitrogens is 1. The number of halogens is 2. The maximum Gasteiger partial charge on any atom is 0.260 e. The lowest BCUT2D eigenvalue weighted by Crippen LogP contribution is -2.14. The maximum atomic E-state index is 13.3. The molecule has 0 amide bonds. The second-order valence-corrected chi connectivity index (χ2v) is 9.74. The molecule has 4 aromatic rings. The number of hydrogen-bond acceptors (Lipinski definition) is 5. The molecular formula is C24H19ClFN5OS. The molecule has 1 aromatic carbocycles. The normalized spacial score (nSPS) is 16.1. The zero-order valence-electron chi connectivity index (χ0n) is 17.9. The molecule has 0 radical (unpaired) electrons. The van der Waals surface area contributed by atoms with E-state index in [4.69, 9.17) is 11.6 Å². The van der Waals surface area contributed by atoms with E-state index in [2.05, 4.69) is 28.1 Å². The number of nitrogens with one attached hydrogen (secondary N) is 1. The molecule has 0 saturated heterocycles. The molecular weight excluding hydrogens is 461 g/mol. The van der Waals surface area contributed by atoms with E-state index in [0.29, 0.717) is 33.1 Å². The maximum absolute atomic E-state index is 13.3. The lowest BCUT2D eigenvalue weighted by molar-refractivity contribution is 0.509. The molecule has 1 unspecified atom stereocenters. The van der Waals surface area contributed by atoms with Gasteiger partial charge in [0, 0.05) is 10.4 Å². The number of aromatic nitrogens is 4. The van der Waals surface area contributed by atoms with E-state index in [1.165, 1.54) is 33.0 Å². The molecule has 1 atom stereocenters. The van der Waals surface area contributed by atoms with E-state index in [0.717, 1.165) is 24.8 Å². The minimum Gasteiger partial charge on any atom is -0.305 e. The van der Waals surface area contributed by atoms with Crippen molar-refractivity contribution in [3.63, 3.8) is 0 Å². The third kappa shape index (κ3) is 3.77. The van der Waals surface area contributed by atoms with E-state index in [9.17, 15) is 14.4 Å². The number of aromatic amines is 1. The summed E-state index contributed by atoms with van der Waals surface area (Å²) in [6.45, 7) is 3.98. The van der Waals surface area contributed by atoms with Gasteiger partial charge in [-0.25, -0.2) is 14.1 Å². The highest BCUT2D eigenvalue weighted by Gasteiger charge is 2.24. The lowest BCUT2D eigenvalue weighted by Gasteiger charge is -2.17. The van der Waals surface area contributed by atoms with E-state index >= 15 is 0 Å². The van der Waals surface area contributed by atoms with Gasteiger partial charge in [0.05, 0.1) is 22.3 Å². The third-order valence-corrected chi connectivity index (χ3v) is 7.46. The van der Waals surface area contributed by atoms with E-state index in [1.807, 2.05) is 0 Å². The fourth-order valence-electron chi connectivity index (χ4n) is 4.20. The molecule has 0 fully saturated rings. The first-order valence-corrected chi connectivity index (χ1v) is 11.7. The van der Waals surface area contributed by atoms with Crippen LogP contribution in [0.25, 0.3) is 27.6 Å². The Kier molecular flexibility index (Phi) is 5.39. The Morgan fingerprint density at radius 1 is 1.39 bits per heavy atom.